The third-order valence-corrected chi connectivity index (χ3v) is 6.87. The SMILES string of the molecule is Cc1cccc2c(CCC(=O)N3CC[S@@](=O)[C@H](C)[C@@H]3C)c[nH]c12. The van der Waals surface area contributed by atoms with Crippen molar-refractivity contribution in [3.05, 3.63) is 35.5 Å². The second kappa shape index (κ2) is 6.48. The zero-order valence-corrected chi connectivity index (χ0v) is 14.8. The molecule has 23 heavy (non-hydrogen) atoms. The molecule has 2 aromatic rings. The zero-order chi connectivity index (χ0) is 16.6. The Hall–Kier alpha value is -1.62. The number of amides is 1. The van der Waals surface area contributed by atoms with Gasteiger partial charge in [0.25, 0.3) is 0 Å². The number of rotatable bonds is 3. The van der Waals surface area contributed by atoms with Gasteiger partial charge in [-0.3, -0.25) is 9.00 Å². The van der Waals surface area contributed by atoms with E-state index in [2.05, 4.69) is 30.1 Å². The lowest BCUT2D eigenvalue weighted by Gasteiger charge is -2.37. The highest BCUT2D eigenvalue weighted by atomic mass is 32.2. The van der Waals surface area contributed by atoms with Gasteiger partial charge < -0.3 is 9.88 Å². The average Bonchev–Trinajstić information content (AvgIpc) is 2.95. The first-order chi connectivity index (χ1) is 11.0. The summed E-state index contributed by atoms with van der Waals surface area (Å²) < 4.78 is 11.9. The summed E-state index contributed by atoms with van der Waals surface area (Å²) in [4.78, 5) is 17.8. The maximum Gasteiger partial charge on any atom is 0.223 e. The van der Waals surface area contributed by atoms with Crippen LogP contribution in [0.2, 0.25) is 0 Å². The van der Waals surface area contributed by atoms with Gasteiger partial charge in [0.1, 0.15) is 0 Å². The number of hydrogen-bond donors (Lipinski definition) is 1. The van der Waals surface area contributed by atoms with Crippen LogP contribution < -0.4 is 0 Å². The molecule has 1 aliphatic rings. The van der Waals surface area contributed by atoms with E-state index in [1.807, 2.05) is 24.9 Å². The molecule has 4 nitrogen and oxygen atoms in total. The highest BCUT2D eigenvalue weighted by Crippen LogP contribution is 2.23. The van der Waals surface area contributed by atoms with Gasteiger partial charge in [0, 0.05) is 52.7 Å². The van der Waals surface area contributed by atoms with Gasteiger partial charge in [0.2, 0.25) is 5.91 Å². The summed E-state index contributed by atoms with van der Waals surface area (Å²) in [6.45, 7) is 6.69. The van der Waals surface area contributed by atoms with Crippen molar-refractivity contribution in [2.75, 3.05) is 12.3 Å². The van der Waals surface area contributed by atoms with E-state index in [1.54, 1.807) is 0 Å². The van der Waals surface area contributed by atoms with Crippen LogP contribution in [-0.2, 0) is 22.0 Å². The smallest absolute Gasteiger partial charge is 0.223 e. The molecule has 0 aliphatic carbocycles. The summed E-state index contributed by atoms with van der Waals surface area (Å²) in [5.74, 6) is 0.770. The van der Waals surface area contributed by atoms with Crippen molar-refractivity contribution in [1.29, 1.82) is 0 Å². The normalized spacial score (nSPS) is 25.0. The second-order valence-electron chi connectivity index (χ2n) is 6.43. The van der Waals surface area contributed by atoms with E-state index in [9.17, 15) is 9.00 Å². The molecular weight excluding hydrogens is 308 g/mol. The number of fused-ring (bicyclic) bond motifs is 1. The minimum absolute atomic E-state index is 0.0577. The van der Waals surface area contributed by atoms with Crippen molar-refractivity contribution in [2.45, 2.75) is 44.9 Å². The second-order valence-corrected chi connectivity index (χ2v) is 8.34. The molecule has 1 amide bonds. The lowest BCUT2D eigenvalue weighted by molar-refractivity contribution is -0.133. The Bertz CT molecular complexity index is 753. The summed E-state index contributed by atoms with van der Waals surface area (Å²) in [5.41, 5.74) is 3.57. The number of carbonyl (C=O) groups excluding carboxylic acids is 1. The van der Waals surface area contributed by atoms with Crippen LogP contribution in [0.3, 0.4) is 0 Å². The predicted molar refractivity (Wildman–Crippen MR) is 95.0 cm³/mol. The quantitative estimate of drug-likeness (QED) is 0.940. The molecule has 0 radical (unpaired) electrons. The Morgan fingerprint density at radius 2 is 2.17 bits per heavy atom. The molecule has 3 rings (SSSR count). The van der Waals surface area contributed by atoms with Crippen LogP contribution in [-0.4, -0.2) is 43.6 Å². The summed E-state index contributed by atoms with van der Waals surface area (Å²) in [6.07, 6.45) is 3.26. The molecule has 3 atom stereocenters. The van der Waals surface area contributed by atoms with Crippen molar-refractivity contribution < 1.29 is 9.00 Å². The topological polar surface area (TPSA) is 53.2 Å². The van der Waals surface area contributed by atoms with E-state index in [4.69, 9.17) is 0 Å². The van der Waals surface area contributed by atoms with E-state index in [1.165, 1.54) is 16.5 Å². The molecular formula is C18H24N2O2S. The summed E-state index contributed by atoms with van der Waals surface area (Å²) in [6, 6.07) is 6.31. The first-order valence-electron chi connectivity index (χ1n) is 8.21. The molecule has 1 fully saturated rings. The van der Waals surface area contributed by atoms with Gasteiger partial charge in [0.05, 0.1) is 5.25 Å². The molecule has 0 spiro atoms. The van der Waals surface area contributed by atoms with E-state index in [0.29, 0.717) is 18.7 Å². The lowest BCUT2D eigenvalue weighted by Crippen LogP contribution is -2.52. The summed E-state index contributed by atoms with van der Waals surface area (Å²) in [7, 11) is -0.806. The summed E-state index contributed by atoms with van der Waals surface area (Å²) in [5, 5.41) is 1.27. The Kier molecular flexibility index (Phi) is 4.57. The highest BCUT2D eigenvalue weighted by molar-refractivity contribution is 7.85. The first kappa shape index (κ1) is 16.2. The van der Waals surface area contributed by atoms with Crippen LogP contribution in [0.25, 0.3) is 10.9 Å². The third kappa shape index (κ3) is 3.07. The molecule has 2 heterocycles. The van der Waals surface area contributed by atoms with Crippen LogP contribution in [0.15, 0.2) is 24.4 Å². The Labute approximate surface area is 139 Å². The molecule has 1 aromatic heterocycles. The van der Waals surface area contributed by atoms with Gasteiger partial charge in [-0.25, -0.2) is 0 Å². The number of aryl methyl sites for hydroxylation is 2. The fraction of sp³-hybridized carbons (Fsp3) is 0.500. The Morgan fingerprint density at radius 3 is 2.96 bits per heavy atom. The van der Waals surface area contributed by atoms with Gasteiger partial charge in [-0.1, -0.05) is 18.2 Å². The number of aromatic nitrogens is 1. The molecule has 0 saturated carbocycles. The van der Waals surface area contributed by atoms with Crippen molar-refractivity contribution in [2.24, 2.45) is 0 Å². The van der Waals surface area contributed by atoms with Crippen molar-refractivity contribution in [3.63, 3.8) is 0 Å². The average molecular weight is 332 g/mol. The molecule has 1 aliphatic heterocycles. The van der Waals surface area contributed by atoms with E-state index < -0.39 is 10.8 Å². The lowest BCUT2D eigenvalue weighted by atomic mass is 10.1. The highest BCUT2D eigenvalue weighted by Gasteiger charge is 2.32. The van der Waals surface area contributed by atoms with Crippen molar-refractivity contribution >= 4 is 27.6 Å². The van der Waals surface area contributed by atoms with Gasteiger partial charge in [-0.15, -0.1) is 0 Å². The van der Waals surface area contributed by atoms with Crippen LogP contribution in [0.5, 0.6) is 0 Å². The number of nitrogens with zero attached hydrogens (tertiary/aromatic N) is 1. The largest absolute Gasteiger partial charge is 0.361 e. The molecule has 5 heteroatoms. The zero-order valence-electron chi connectivity index (χ0n) is 14.0. The van der Waals surface area contributed by atoms with Crippen LogP contribution in [0.1, 0.15) is 31.4 Å². The first-order valence-corrected chi connectivity index (χ1v) is 9.59. The van der Waals surface area contributed by atoms with Gasteiger partial charge in [-0.2, -0.15) is 0 Å². The fourth-order valence-electron chi connectivity index (χ4n) is 3.36. The number of benzene rings is 1. The van der Waals surface area contributed by atoms with Gasteiger partial charge >= 0.3 is 0 Å². The van der Waals surface area contributed by atoms with E-state index in [-0.39, 0.29) is 17.2 Å². The predicted octanol–water partition coefficient (Wildman–Crippen LogP) is 2.78. The van der Waals surface area contributed by atoms with E-state index in [0.717, 1.165) is 11.9 Å². The molecule has 124 valence electrons. The number of para-hydroxylation sites is 1. The fourth-order valence-corrected chi connectivity index (χ4v) is 4.69. The Morgan fingerprint density at radius 1 is 1.39 bits per heavy atom. The number of aromatic amines is 1. The van der Waals surface area contributed by atoms with Gasteiger partial charge in [-0.05, 0) is 38.3 Å². The standard InChI is InChI=1S/C18H24N2O2S/c1-12-5-4-6-16-15(11-19-18(12)16)7-8-17(21)20-9-10-23(22)14(3)13(20)2/h4-6,11,13-14,19H,7-10H2,1-3H3/t13-,14+,23+/m0/s1. The van der Waals surface area contributed by atoms with Crippen LogP contribution >= 0.6 is 0 Å². The molecule has 1 saturated heterocycles. The monoisotopic (exact) mass is 332 g/mol. The number of carbonyl (C=O) groups is 1. The van der Waals surface area contributed by atoms with Crippen LogP contribution in [0.4, 0.5) is 0 Å². The maximum absolute atomic E-state index is 12.6. The number of nitrogens with one attached hydrogen (secondary N) is 1. The van der Waals surface area contributed by atoms with Crippen molar-refractivity contribution in [3.8, 4) is 0 Å². The van der Waals surface area contributed by atoms with Crippen molar-refractivity contribution in [1.82, 2.24) is 9.88 Å². The van der Waals surface area contributed by atoms with Crippen LogP contribution in [0, 0.1) is 6.92 Å². The maximum atomic E-state index is 12.6. The molecule has 1 aromatic carbocycles. The minimum Gasteiger partial charge on any atom is -0.361 e. The third-order valence-electron chi connectivity index (χ3n) is 5.06. The molecule has 0 bridgehead atoms. The Balaban J connectivity index is 1.69. The number of H-pyrrole nitrogens is 1. The minimum atomic E-state index is -0.806. The van der Waals surface area contributed by atoms with Gasteiger partial charge in [0.15, 0.2) is 0 Å². The van der Waals surface area contributed by atoms with E-state index >= 15 is 0 Å². The molecule has 1 N–H and O–H groups in total. The summed E-state index contributed by atoms with van der Waals surface area (Å²) >= 11 is 0. The number of hydrogen-bond acceptors (Lipinski definition) is 2. The molecule has 0 unspecified atom stereocenters.